The number of hydrogen-bond donors (Lipinski definition) is 1. The third-order valence-corrected chi connectivity index (χ3v) is 5.19. The van der Waals surface area contributed by atoms with Gasteiger partial charge < -0.3 is 15.4 Å². The molecule has 0 aromatic carbocycles. The molecule has 2 unspecified atom stereocenters. The molecule has 22 heavy (non-hydrogen) atoms. The molecule has 5 nitrogen and oxygen atoms in total. The summed E-state index contributed by atoms with van der Waals surface area (Å²) in [7, 11) is 0. The molecule has 0 radical (unpaired) electrons. The third kappa shape index (κ3) is 3.99. The number of carbonyl (C=O) groups is 1. The van der Waals surface area contributed by atoms with Crippen LogP contribution in [0.2, 0.25) is 0 Å². The van der Waals surface area contributed by atoms with Gasteiger partial charge in [-0.3, -0.25) is 4.90 Å². The van der Waals surface area contributed by atoms with E-state index in [0.29, 0.717) is 30.8 Å². The van der Waals surface area contributed by atoms with Crippen molar-refractivity contribution in [2.75, 3.05) is 19.7 Å². The van der Waals surface area contributed by atoms with Crippen molar-refractivity contribution >= 4 is 30.9 Å². The molecule has 3 aliphatic heterocycles. The van der Waals surface area contributed by atoms with Gasteiger partial charge in [0, 0.05) is 30.7 Å². The summed E-state index contributed by atoms with van der Waals surface area (Å²) in [6.45, 7) is 4.56. The zero-order chi connectivity index (χ0) is 14.1. The van der Waals surface area contributed by atoms with Crippen LogP contribution < -0.4 is 5.73 Å². The van der Waals surface area contributed by atoms with E-state index in [4.69, 9.17) is 10.5 Å². The standard InChI is InChI=1S/C15H27N3O2.2ClH/c1-2-20-15(19)18-12-5-6-13(18)9-14(8-12)17-7-3-4-11(16)10-17;;/h11-14H,2-10,16H2,1H3;2*1H/t11-,12?,13?,14?;;/m1../s1. The van der Waals surface area contributed by atoms with E-state index in [1.165, 1.54) is 13.0 Å². The first kappa shape index (κ1) is 19.8. The molecule has 3 fully saturated rings. The molecule has 0 aliphatic carbocycles. The maximum absolute atomic E-state index is 12.1. The Labute approximate surface area is 145 Å². The molecule has 130 valence electrons. The van der Waals surface area contributed by atoms with Gasteiger partial charge in [-0.05, 0) is 52.0 Å². The van der Waals surface area contributed by atoms with Gasteiger partial charge in [-0.2, -0.15) is 0 Å². The average molecular weight is 354 g/mol. The van der Waals surface area contributed by atoms with Crippen molar-refractivity contribution in [3.05, 3.63) is 0 Å². The average Bonchev–Trinajstić information content (AvgIpc) is 2.70. The molecule has 0 aromatic rings. The molecule has 2 N–H and O–H groups in total. The molecule has 3 saturated heterocycles. The lowest BCUT2D eigenvalue weighted by atomic mass is 9.93. The highest BCUT2D eigenvalue weighted by molar-refractivity contribution is 5.85. The van der Waals surface area contributed by atoms with Gasteiger partial charge in [0.15, 0.2) is 0 Å². The molecule has 3 rings (SSSR count). The van der Waals surface area contributed by atoms with Crippen molar-refractivity contribution in [3.8, 4) is 0 Å². The highest BCUT2D eigenvalue weighted by atomic mass is 35.5. The Bertz CT molecular complexity index is 359. The third-order valence-electron chi connectivity index (χ3n) is 5.19. The number of likely N-dealkylation sites (tertiary alicyclic amines) is 1. The van der Waals surface area contributed by atoms with E-state index in [2.05, 4.69) is 4.90 Å². The van der Waals surface area contributed by atoms with Gasteiger partial charge in [-0.1, -0.05) is 0 Å². The van der Waals surface area contributed by atoms with Gasteiger partial charge in [0.05, 0.1) is 6.61 Å². The van der Waals surface area contributed by atoms with E-state index in [-0.39, 0.29) is 30.9 Å². The number of piperidine rings is 2. The van der Waals surface area contributed by atoms with Crippen LogP contribution >= 0.6 is 24.8 Å². The molecule has 0 saturated carbocycles. The molecule has 0 aromatic heterocycles. The summed E-state index contributed by atoms with van der Waals surface area (Å²) in [6, 6.07) is 1.72. The minimum Gasteiger partial charge on any atom is -0.450 e. The van der Waals surface area contributed by atoms with Crippen LogP contribution in [0.1, 0.15) is 45.4 Å². The Hall–Kier alpha value is -0.230. The molecule has 0 spiro atoms. The lowest BCUT2D eigenvalue weighted by Crippen LogP contribution is -2.55. The Morgan fingerprint density at radius 2 is 1.77 bits per heavy atom. The van der Waals surface area contributed by atoms with E-state index in [1.807, 2.05) is 11.8 Å². The van der Waals surface area contributed by atoms with Crippen LogP contribution in [0.25, 0.3) is 0 Å². The molecule has 3 atom stereocenters. The quantitative estimate of drug-likeness (QED) is 0.827. The smallest absolute Gasteiger partial charge is 0.410 e. The van der Waals surface area contributed by atoms with Crippen molar-refractivity contribution in [2.24, 2.45) is 5.73 Å². The zero-order valence-electron chi connectivity index (χ0n) is 13.3. The fourth-order valence-corrected chi connectivity index (χ4v) is 4.31. The monoisotopic (exact) mass is 353 g/mol. The maximum Gasteiger partial charge on any atom is 0.410 e. The Balaban J connectivity index is 0.00000121. The second-order valence-corrected chi connectivity index (χ2v) is 6.51. The Morgan fingerprint density at radius 1 is 1.14 bits per heavy atom. The predicted molar refractivity (Wildman–Crippen MR) is 92.0 cm³/mol. The van der Waals surface area contributed by atoms with Crippen molar-refractivity contribution in [3.63, 3.8) is 0 Å². The summed E-state index contributed by atoms with van der Waals surface area (Å²) in [4.78, 5) is 16.7. The number of nitrogens with two attached hydrogens (primary N) is 1. The summed E-state index contributed by atoms with van der Waals surface area (Å²) in [5.41, 5.74) is 6.11. The summed E-state index contributed by atoms with van der Waals surface area (Å²) < 4.78 is 5.21. The Morgan fingerprint density at radius 3 is 2.32 bits per heavy atom. The van der Waals surface area contributed by atoms with Crippen LogP contribution in [0, 0.1) is 0 Å². The van der Waals surface area contributed by atoms with Crippen LogP contribution in [-0.2, 0) is 4.74 Å². The minimum atomic E-state index is -0.103. The topological polar surface area (TPSA) is 58.8 Å². The second-order valence-electron chi connectivity index (χ2n) is 6.51. The lowest BCUT2D eigenvalue weighted by molar-refractivity contribution is 0.0334. The first-order valence-electron chi connectivity index (χ1n) is 8.13. The molecule has 1 amide bonds. The highest BCUT2D eigenvalue weighted by Crippen LogP contribution is 2.38. The lowest BCUT2D eigenvalue weighted by Gasteiger charge is -2.44. The molecular weight excluding hydrogens is 325 g/mol. The van der Waals surface area contributed by atoms with Crippen molar-refractivity contribution in [1.82, 2.24) is 9.80 Å². The summed E-state index contributed by atoms with van der Waals surface area (Å²) in [5.74, 6) is 0. The number of ether oxygens (including phenoxy) is 1. The van der Waals surface area contributed by atoms with Gasteiger partial charge in [0.2, 0.25) is 0 Å². The number of fused-ring (bicyclic) bond motifs is 2. The highest BCUT2D eigenvalue weighted by Gasteiger charge is 2.45. The SMILES string of the molecule is CCOC(=O)N1C2CCC1CC(N1CCC[C@@H](N)C1)C2.Cl.Cl. The molecule has 3 heterocycles. The minimum absolute atomic E-state index is 0. The van der Waals surface area contributed by atoms with Crippen molar-refractivity contribution in [2.45, 2.75) is 69.6 Å². The van der Waals surface area contributed by atoms with Crippen molar-refractivity contribution < 1.29 is 9.53 Å². The second kappa shape index (κ2) is 8.57. The van der Waals surface area contributed by atoms with Gasteiger partial charge in [0.1, 0.15) is 0 Å². The summed E-state index contributed by atoms with van der Waals surface area (Å²) >= 11 is 0. The molecular formula is C15H29Cl2N3O2. The number of amides is 1. The van der Waals surface area contributed by atoms with Crippen LogP contribution in [0.5, 0.6) is 0 Å². The van der Waals surface area contributed by atoms with Gasteiger partial charge in [-0.25, -0.2) is 4.79 Å². The van der Waals surface area contributed by atoms with E-state index in [0.717, 1.165) is 38.6 Å². The van der Waals surface area contributed by atoms with Crippen LogP contribution in [0.3, 0.4) is 0 Å². The number of hydrogen-bond acceptors (Lipinski definition) is 4. The molecule has 3 aliphatic rings. The zero-order valence-corrected chi connectivity index (χ0v) is 14.9. The summed E-state index contributed by atoms with van der Waals surface area (Å²) in [5, 5.41) is 0. The van der Waals surface area contributed by atoms with E-state index in [1.54, 1.807) is 0 Å². The number of carbonyl (C=O) groups excluding carboxylic acids is 1. The molecule has 7 heteroatoms. The normalized spacial score (nSPS) is 34.5. The first-order valence-corrected chi connectivity index (χ1v) is 8.13. The maximum atomic E-state index is 12.1. The Kier molecular flexibility index (Phi) is 7.72. The summed E-state index contributed by atoms with van der Waals surface area (Å²) in [6.07, 6.45) is 6.75. The van der Waals surface area contributed by atoms with E-state index >= 15 is 0 Å². The first-order chi connectivity index (χ1) is 9.69. The van der Waals surface area contributed by atoms with Gasteiger partial charge in [-0.15, -0.1) is 24.8 Å². The fraction of sp³-hybridized carbons (Fsp3) is 0.933. The van der Waals surface area contributed by atoms with Gasteiger partial charge >= 0.3 is 6.09 Å². The van der Waals surface area contributed by atoms with E-state index < -0.39 is 0 Å². The van der Waals surface area contributed by atoms with Crippen molar-refractivity contribution in [1.29, 1.82) is 0 Å². The largest absolute Gasteiger partial charge is 0.450 e. The van der Waals surface area contributed by atoms with Crippen LogP contribution in [-0.4, -0.2) is 59.8 Å². The predicted octanol–water partition coefficient (Wildman–Crippen LogP) is 2.41. The number of nitrogens with zero attached hydrogens (tertiary/aromatic N) is 2. The van der Waals surface area contributed by atoms with Gasteiger partial charge in [0.25, 0.3) is 0 Å². The number of halogens is 2. The molecule has 2 bridgehead atoms. The van der Waals surface area contributed by atoms with Crippen LogP contribution in [0.4, 0.5) is 4.79 Å². The van der Waals surface area contributed by atoms with E-state index in [9.17, 15) is 4.79 Å². The number of rotatable bonds is 2. The fourth-order valence-electron chi connectivity index (χ4n) is 4.31. The van der Waals surface area contributed by atoms with Crippen LogP contribution in [0.15, 0.2) is 0 Å².